The fourth-order valence-electron chi connectivity index (χ4n) is 2.69. The van der Waals surface area contributed by atoms with E-state index in [4.69, 9.17) is 0 Å². The van der Waals surface area contributed by atoms with Gasteiger partial charge in [-0.05, 0) is 29.4 Å². The maximum absolute atomic E-state index is 13.0. The molecule has 0 saturated carbocycles. The molecule has 2 rings (SSSR count). The second-order valence-corrected chi connectivity index (χ2v) is 5.90. The Balaban J connectivity index is 2.54. The number of hydrogen-bond acceptors (Lipinski definition) is 1. The normalized spacial score (nSPS) is 20.2. The van der Waals surface area contributed by atoms with Crippen LogP contribution in [-0.2, 0) is 6.18 Å². The number of rotatable bonds is 0. The molecule has 1 N–H and O–H groups in total. The van der Waals surface area contributed by atoms with Gasteiger partial charge in [-0.1, -0.05) is 32.9 Å². The Bertz CT molecular complexity index is 443. The zero-order valence-electron chi connectivity index (χ0n) is 10.9. The van der Waals surface area contributed by atoms with Crippen molar-refractivity contribution in [1.82, 2.24) is 0 Å². The Morgan fingerprint density at radius 3 is 2.39 bits per heavy atom. The lowest BCUT2D eigenvalue weighted by molar-refractivity contribution is -0.137. The third-order valence-corrected chi connectivity index (χ3v) is 3.56. The van der Waals surface area contributed by atoms with E-state index in [9.17, 15) is 13.2 Å². The molecule has 0 spiro atoms. The number of halogens is 3. The Kier molecular flexibility index (Phi) is 3.07. The maximum Gasteiger partial charge on any atom is 0.418 e. The van der Waals surface area contributed by atoms with E-state index < -0.39 is 11.7 Å². The lowest BCUT2D eigenvalue weighted by Crippen LogP contribution is -2.28. The molecule has 0 radical (unpaired) electrons. The third kappa shape index (κ3) is 2.33. The molecule has 0 saturated heterocycles. The maximum atomic E-state index is 13.0. The van der Waals surface area contributed by atoms with Crippen LogP contribution < -0.4 is 5.32 Å². The summed E-state index contributed by atoms with van der Waals surface area (Å²) in [5.74, 6) is 0.163. The minimum atomic E-state index is -4.29. The van der Waals surface area contributed by atoms with E-state index in [2.05, 4.69) is 26.1 Å². The molecular formula is C14H18F3N. The van der Waals surface area contributed by atoms with Crippen molar-refractivity contribution in [3.63, 3.8) is 0 Å². The second kappa shape index (κ2) is 4.18. The average Bonchev–Trinajstić information content (AvgIpc) is 2.24. The molecule has 1 aliphatic rings. The smallest absolute Gasteiger partial charge is 0.384 e. The molecule has 4 heteroatoms. The Labute approximate surface area is 105 Å². The molecule has 0 fully saturated rings. The summed E-state index contributed by atoms with van der Waals surface area (Å²) in [5.41, 5.74) is 0.495. The molecule has 1 aromatic carbocycles. The van der Waals surface area contributed by atoms with Gasteiger partial charge in [0, 0.05) is 12.2 Å². The number of hydrogen-bond donors (Lipinski definition) is 1. The lowest BCUT2D eigenvalue weighted by atomic mass is 9.72. The van der Waals surface area contributed by atoms with Crippen LogP contribution in [0.25, 0.3) is 0 Å². The topological polar surface area (TPSA) is 12.0 Å². The Hall–Kier alpha value is -1.19. The fraction of sp³-hybridized carbons (Fsp3) is 0.571. The Morgan fingerprint density at radius 2 is 1.83 bits per heavy atom. The summed E-state index contributed by atoms with van der Waals surface area (Å²) >= 11 is 0. The molecule has 1 aromatic rings. The average molecular weight is 257 g/mol. The first-order chi connectivity index (χ1) is 8.21. The molecule has 0 aliphatic carbocycles. The van der Waals surface area contributed by atoms with Crippen LogP contribution in [0.4, 0.5) is 18.9 Å². The van der Waals surface area contributed by atoms with Crippen molar-refractivity contribution in [2.75, 3.05) is 11.9 Å². The predicted octanol–water partition coefficient (Wildman–Crippen LogP) is 4.65. The first-order valence-corrected chi connectivity index (χ1v) is 6.15. The molecule has 1 heterocycles. The summed E-state index contributed by atoms with van der Waals surface area (Å²) in [6.07, 6.45) is -3.42. The van der Waals surface area contributed by atoms with E-state index in [-0.39, 0.29) is 17.0 Å². The van der Waals surface area contributed by atoms with Crippen LogP contribution in [0.2, 0.25) is 0 Å². The highest BCUT2D eigenvalue weighted by Gasteiger charge is 2.38. The molecule has 1 unspecified atom stereocenters. The molecular weight excluding hydrogens is 239 g/mol. The van der Waals surface area contributed by atoms with Gasteiger partial charge in [-0.2, -0.15) is 13.2 Å². The molecule has 0 aromatic heterocycles. The number of benzene rings is 1. The van der Waals surface area contributed by atoms with Gasteiger partial charge in [-0.3, -0.25) is 0 Å². The van der Waals surface area contributed by atoms with Crippen molar-refractivity contribution < 1.29 is 13.2 Å². The van der Waals surface area contributed by atoms with Crippen LogP contribution in [0.15, 0.2) is 18.2 Å². The SMILES string of the molecule is CC(C)(C)C1CCNc2c1cccc2C(F)(F)F. The van der Waals surface area contributed by atoms with Gasteiger partial charge in [0.25, 0.3) is 0 Å². The van der Waals surface area contributed by atoms with Gasteiger partial charge >= 0.3 is 6.18 Å². The molecule has 0 bridgehead atoms. The van der Waals surface area contributed by atoms with Gasteiger partial charge in [0.05, 0.1) is 5.56 Å². The Morgan fingerprint density at radius 1 is 1.17 bits per heavy atom. The largest absolute Gasteiger partial charge is 0.418 e. The zero-order valence-corrected chi connectivity index (χ0v) is 10.9. The molecule has 0 amide bonds. The number of anilines is 1. The summed E-state index contributed by atoms with van der Waals surface area (Å²) in [6.45, 7) is 6.83. The summed E-state index contributed by atoms with van der Waals surface area (Å²) < 4.78 is 38.9. The van der Waals surface area contributed by atoms with Crippen molar-refractivity contribution in [2.24, 2.45) is 5.41 Å². The van der Waals surface area contributed by atoms with Crippen LogP contribution >= 0.6 is 0 Å². The van der Waals surface area contributed by atoms with Crippen molar-refractivity contribution in [3.8, 4) is 0 Å². The lowest BCUT2D eigenvalue weighted by Gasteiger charge is -2.37. The second-order valence-electron chi connectivity index (χ2n) is 5.90. The molecule has 100 valence electrons. The van der Waals surface area contributed by atoms with Gasteiger partial charge in [-0.15, -0.1) is 0 Å². The molecule has 1 nitrogen and oxygen atoms in total. The quantitative estimate of drug-likeness (QED) is 0.713. The van der Waals surface area contributed by atoms with E-state index in [0.717, 1.165) is 18.1 Å². The zero-order chi connectivity index (χ0) is 13.6. The highest BCUT2D eigenvalue weighted by Crippen LogP contribution is 2.47. The van der Waals surface area contributed by atoms with Gasteiger partial charge in [0.15, 0.2) is 0 Å². The van der Waals surface area contributed by atoms with Crippen LogP contribution in [0, 0.1) is 5.41 Å². The number of alkyl halides is 3. The van der Waals surface area contributed by atoms with Crippen LogP contribution in [0.3, 0.4) is 0 Å². The number of nitrogens with one attached hydrogen (secondary N) is 1. The van der Waals surface area contributed by atoms with E-state index in [0.29, 0.717) is 6.54 Å². The van der Waals surface area contributed by atoms with Crippen molar-refractivity contribution in [2.45, 2.75) is 39.3 Å². The summed E-state index contributed by atoms with van der Waals surface area (Å²) in [6, 6.07) is 4.47. The summed E-state index contributed by atoms with van der Waals surface area (Å²) in [4.78, 5) is 0. The molecule has 1 atom stereocenters. The molecule has 18 heavy (non-hydrogen) atoms. The van der Waals surface area contributed by atoms with Gasteiger partial charge < -0.3 is 5.32 Å². The van der Waals surface area contributed by atoms with Crippen molar-refractivity contribution in [3.05, 3.63) is 29.3 Å². The predicted molar refractivity (Wildman–Crippen MR) is 66.7 cm³/mol. The number of para-hydroxylation sites is 1. The van der Waals surface area contributed by atoms with Crippen LogP contribution in [-0.4, -0.2) is 6.54 Å². The standard InChI is InChI=1S/C14H18F3N/c1-13(2,3)10-7-8-18-12-9(10)5-4-6-11(12)14(15,16)17/h4-6,10,18H,7-8H2,1-3H3. The number of fused-ring (bicyclic) bond motifs is 1. The van der Waals surface area contributed by atoms with Crippen LogP contribution in [0.5, 0.6) is 0 Å². The molecule has 1 aliphatic heterocycles. The minimum Gasteiger partial charge on any atom is -0.384 e. The van der Waals surface area contributed by atoms with Gasteiger partial charge in [0.2, 0.25) is 0 Å². The van der Waals surface area contributed by atoms with Crippen molar-refractivity contribution >= 4 is 5.69 Å². The summed E-state index contributed by atoms with van der Waals surface area (Å²) in [7, 11) is 0. The van der Waals surface area contributed by atoms with E-state index in [1.54, 1.807) is 0 Å². The third-order valence-electron chi connectivity index (χ3n) is 3.56. The summed E-state index contributed by atoms with van der Waals surface area (Å²) in [5, 5.41) is 2.92. The first kappa shape index (κ1) is 13.2. The van der Waals surface area contributed by atoms with Gasteiger partial charge in [0.1, 0.15) is 0 Å². The first-order valence-electron chi connectivity index (χ1n) is 6.15. The fourth-order valence-corrected chi connectivity index (χ4v) is 2.69. The van der Waals surface area contributed by atoms with Gasteiger partial charge in [-0.25, -0.2) is 0 Å². The van der Waals surface area contributed by atoms with Crippen LogP contribution in [0.1, 0.15) is 44.2 Å². The monoisotopic (exact) mass is 257 g/mol. The van der Waals surface area contributed by atoms with E-state index in [1.807, 2.05) is 6.07 Å². The highest BCUT2D eigenvalue weighted by molar-refractivity contribution is 5.62. The minimum absolute atomic E-state index is 0.0267. The van der Waals surface area contributed by atoms with E-state index in [1.165, 1.54) is 6.07 Å². The van der Waals surface area contributed by atoms with Crippen molar-refractivity contribution in [1.29, 1.82) is 0 Å². The highest BCUT2D eigenvalue weighted by atomic mass is 19.4. The van der Waals surface area contributed by atoms with E-state index >= 15 is 0 Å².